The number of thiophene rings is 1. The second kappa shape index (κ2) is 4.78. The largest absolute Gasteiger partial charge is 0.382 e. The van der Waals surface area contributed by atoms with Crippen LogP contribution >= 0.6 is 11.3 Å². The zero-order valence-electron chi connectivity index (χ0n) is 10.2. The molecule has 2 aromatic heterocycles. The molecule has 3 aromatic rings. The Balaban J connectivity index is 2.09. The molecule has 0 aliphatic carbocycles. The van der Waals surface area contributed by atoms with Crippen LogP contribution in [0.25, 0.3) is 21.7 Å². The quantitative estimate of drug-likeness (QED) is 0.570. The highest BCUT2D eigenvalue weighted by Gasteiger charge is 2.16. The minimum absolute atomic E-state index is 0.0545. The molecule has 0 spiro atoms. The Labute approximate surface area is 118 Å². The lowest BCUT2D eigenvalue weighted by Crippen LogP contribution is -1.88. The number of rotatable bonds is 3. The van der Waals surface area contributed by atoms with Crippen molar-refractivity contribution in [3.63, 3.8) is 0 Å². The van der Waals surface area contributed by atoms with E-state index >= 15 is 0 Å². The minimum atomic E-state index is -0.425. The smallest absolute Gasteiger partial charge is 0.269 e. The van der Waals surface area contributed by atoms with E-state index in [-0.39, 0.29) is 5.69 Å². The highest BCUT2D eigenvalue weighted by molar-refractivity contribution is 7.13. The van der Waals surface area contributed by atoms with Gasteiger partial charge in [-0.2, -0.15) is 5.10 Å². The summed E-state index contributed by atoms with van der Waals surface area (Å²) in [6.07, 6.45) is 0. The molecule has 0 fully saturated rings. The van der Waals surface area contributed by atoms with Crippen LogP contribution in [0, 0.1) is 10.1 Å². The van der Waals surface area contributed by atoms with Crippen molar-refractivity contribution in [1.29, 1.82) is 0 Å². The summed E-state index contributed by atoms with van der Waals surface area (Å²) in [6, 6.07) is 10.2. The van der Waals surface area contributed by atoms with Crippen LogP contribution in [0.5, 0.6) is 0 Å². The van der Waals surface area contributed by atoms with Gasteiger partial charge in [0.05, 0.1) is 16.2 Å². The van der Waals surface area contributed by atoms with E-state index in [1.807, 2.05) is 17.5 Å². The monoisotopic (exact) mass is 286 g/mol. The first-order valence-corrected chi connectivity index (χ1v) is 6.67. The summed E-state index contributed by atoms with van der Waals surface area (Å²) >= 11 is 1.56. The first kappa shape index (κ1) is 12.4. The maximum absolute atomic E-state index is 10.7. The summed E-state index contributed by atoms with van der Waals surface area (Å²) in [5.74, 6) is 0.417. The lowest BCUT2D eigenvalue weighted by Gasteiger charge is -2.02. The van der Waals surface area contributed by atoms with Gasteiger partial charge in [0, 0.05) is 22.6 Å². The van der Waals surface area contributed by atoms with Crippen LogP contribution < -0.4 is 5.73 Å². The molecular formula is C13H10N4O2S. The Morgan fingerprint density at radius 3 is 2.60 bits per heavy atom. The van der Waals surface area contributed by atoms with Crippen molar-refractivity contribution in [2.24, 2.45) is 0 Å². The average Bonchev–Trinajstić information content (AvgIpc) is 3.07. The number of hydrogen-bond acceptors (Lipinski definition) is 5. The number of aromatic nitrogens is 2. The number of nitro groups is 1. The van der Waals surface area contributed by atoms with E-state index in [2.05, 4.69) is 10.2 Å². The highest BCUT2D eigenvalue weighted by atomic mass is 32.1. The van der Waals surface area contributed by atoms with Crippen LogP contribution in [0.3, 0.4) is 0 Å². The van der Waals surface area contributed by atoms with Crippen LogP contribution in [0.1, 0.15) is 0 Å². The molecular weight excluding hydrogens is 276 g/mol. The van der Waals surface area contributed by atoms with Gasteiger partial charge in [-0.05, 0) is 23.6 Å². The number of hydrogen-bond donors (Lipinski definition) is 2. The van der Waals surface area contributed by atoms with Gasteiger partial charge in [0.1, 0.15) is 0 Å². The molecule has 0 saturated heterocycles. The van der Waals surface area contributed by atoms with E-state index in [4.69, 9.17) is 5.73 Å². The first-order valence-electron chi connectivity index (χ1n) is 5.79. The van der Waals surface area contributed by atoms with E-state index in [0.717, 1.165) is 21.7 Å². The summed E-state index contributed by atoms with van der Waals surface area (Å²) < 4.78 is 0. The lowest BCUT2D eigenvalue weighted by molar-refractivity contribution is -0.384. The third kappa shape index (κ3) is 2.04. The Morgan fingerprint density at radius 2 is 2.00 bits per heavy atom. The van der Waals surface area contributed by atoms with Gasteiger partial charge < -0.3 is 5.73 Å². The summed E-state index contributed by atoms with van der Waals surface area (Å²) in [4.78, 5) is 11.3. The van der Waals surface area contributed by atoms with E-state index in [9.17, 15) is 10.1 Å². The van der Waals surface area contributed by atoms with Gasteiger partial charge in [0.25, 0.3) is 5.69 Å². The number of nitrogens with one attached hydrogen (secondary N) is 1. The second-order valence-electron chi connectivity index (χ2n) is 4.14. The zero-order valence-corrected chi connectivity index (χ0v) is 11.1. The number of nitro benzene ring substituents is 1. The fourth-order valence-corrected chi connectivity index (χ4v) is 2.77. The molecule has 3 N–H and O–H groups in total. The summed E-state index contributed by atoms with van der Waals surface area (Å²) in [5, 5.41) is 19.6. The van der Waals surface area contributed by atoms with Crippen LogP contribution in [-0.4, -0.2) is 15.1 Å². The summed E-state index contributed by atoms with van der Waals surface area (Å²) in [6.45, 7) is 0. The highest BCUT2D eigenvalue weighted by Crippen LogP contribution is 2.37. The normalized spacial score (nSPS) is 10.6. The van der Waals surface area contributed by atoms with Gasteiger partial charge in [-0.3, -0.25) is 15.2 Å². The molecule has 3 rings (SSSR count). The number of nitrogen functional groups attached to an aromatic ring is 1. The number of aromatic amines is 1. The fraction of sp³-hybridized carbons (Fsp3) is 0. The summed E-state index contributed by atoms with van der Waals surface area (Å²) in [5.41, 5.74) is 8.36. The molecule has 6 nitrogen and oxygen atoms in total. The number of benzene rings is 1. The molecule has 100 valence electrons. The predicted molar refractivity (Wildman–Crippen MR) is 78.4 cm³/mol. The fourth-order valence-electron chi connectivity index (χ4n) is 1.98. The minimum Gasteiger partial charge on any atom is -0.382 e. The maximum Gasteiger partial charge on any atom is 0.269 e. The second-order valence-corrected chi connectivity index (χ2v) is 5.09. The SMILES string of the molecule is Nc1n[nH]c(-c2ccc([N+](=O)[O-])cc2)c1-c1cccs1. The van der Waals surface area contributed by atoms with Crippen molar-refractivity contribution in [2.75, 3.05) is 5.73 Å². The summed E-state index contributed by atoms with van der Waals surface area (Å²) in [7, 11) is 0. The topological polar surface area (TPSA) is 97.8 Å². The van der Waals surface area contributed by atoms with Crippen molar-refractivity contribution >= 4 is 22.8 Å². The third-order valence-electron chi connectivity index (χ3n) is 2.93. The molecule has 7 heteroatoms. The van der Waals surface area contributed by atoms with Crippen molar-refractivity contribution in [2.45, 2.75) is 0 Å². The Kier molecular flexibility index (Phi) is 2.96. The Hall–Kier alpha value is -2.67. The molecule has 20 heavy (non-hydrogen) atoms. The molecule has 2 heterocycles. The van der Waals surface area contributed by atoms with Crippen molar-refractivity contribution in [1.82, 2.24) is 10.2 Å². The van der Waals surface area contributed by atoms with Crippen LogP contribution in [0.2, 0.25) is 0 Å². The molecule has 0 radical (unpaired) electrons. The van der Waals surface area contributed by atoms with Crippen LogP contribution in [0.15, 0.2) is 41.8 Å². The number of H-pyrrole nitrogens is 1. The average molecular weight is 286 g/mol. The van der Waals surface area contributed by atoms with E-state index in [0.29, 0.717) is 5.82 Å². The number of non-ortho nitro benzene ring substituents is 1. The van der Waals surface area contributed by atoms with Gasteiger partial charge in [-0.25, -0.2) is 0 Å². The predicted octanol–water partition coefficient (Wildman–Crippen LogP) is 3.30. The lowest BCUT2D eigenvalue weighted by atomic mass is 10.1. The third-order valence-corrected chi connectivity index (χ3v) is 3.82. The van der Waals surface area contributed by atoms with Gasteiger partial charge >= 0.3 is 0 Å². The molecule has 0 saturated carbocycles. The van der Waals surface area contributed by atoms with E-state index in [1.165, 1.54) is 12.1 Å². The van der Waals surface area contributed by atoms with Gasteiger partial charge in [0.2, 0.25) is 0 Å². The van der Waals surface area contributed by atoms with Gasteiger partial charge in [-0.1, -0.05) is 6.07 Å². The van der Waals surface area contributed by atoms with Gasteiger partial charge in [0.15, 0.2) is 5.82 Å². The van der Waals surface area contributed by atoms with E-state index < -0.39 is 4.92 Å². The molecule has 0 atom stereocenters. The van der Waals surface area contributed by atoms with Crippen molar-refractivity contribution in [3.8, 4) is 21.7 Å². The van der Waals surface area contributed by atoms with Crippen LogP contribution in [-0.2, 0) is 0 Å². The number of nitrogens with zero attached hydrogens (tertiary/aromatic N) is 2. The zero-order chi connectivity index (χ0) is 14.1. The maximum atomic E-state index is 10.7. The number of anilines is 1. The molecule has 0 amide bonds. The van der Waals surface area contributed by atoms with Gasteiger partial charge in [-0.15, -0.1) is 11.3 Å². The van der Waals surface area contributed by atoms with E-state index in [1.54, 1.807) is 23.5 Å². The molecule has 0 unspecified atom stereocenters. The Bertz CT molecular complexity index is 747. The molecule has 0 bridgehead atoms. The van der Waals surface area contributed by atoms with Crippen molar-refractivity contribution < 1.29 is 4.92 Å². The standard InChI is InChI=1S/C13H10N4O2S/c14-13-11(10-2-1-7-20-10)12(15-16-13)8-3-5-9(6-4-8)17(18)19/h1-7H,(H3,14,15,16). The molecule has 1 aromatic carbocycles. The molecule has 0 aliphatic rings. The first-order chi connectivity index (χ1) is 9.66. The molecule has 0 aliphatic heterocycles. The van der Waals surface area contributed by atoms with Crippen molar-refractivity contribution in [3.05, 3.63) is 51.9 Å². The number of nitrogens with two attached hydrogens (primary N) is 1. The Morgan fingerprint density at radius 1 is 1.25 bits per heavy atom. The van der Waals surface area contributed by atoms with Crippen LogP contribution in [0.4, 0.5) is 11.5 Å².